The van der Waals surface area contributed by atoms with E-state index in [4.69, 9.17) is 9.15 Å². The minimum Gasteiger partial charge on any atom is -0.496 e. The van der Waals surface area contributed by atoms with Gasteiger partial charge in [0.05, 0.1) is 23.7 Å². The predicted molar refractivity (Wildman–Crippen MR) is 129 cm³/mol. The van der Waals surface area contributed by atoms with Crippen molar-refractivity contribution in [3.05, 3.63) is 53.4 Å². The summed E-state index contributed by atoms with van der Waals surface area (Å²) in [6.45, 7) is 3.95. The molecule has 1 aliphatic heterocycles. The highest BCUT2D eigenvalue weighted by atomic mass is 32.1. The van der Waals surface area contributed by atoms with Crippen LogP contribution in [0.15, 0.2) is 41.1 Å². The van der Waals surface area contributed by atoms with E-state index in [1.54, 1.807) is 32.2 Å². The summed E-state index contributed by atoms with van der Waals surface area (Å²) in [5.74, 6) is -0.990. The molecule has 1 aliphatic rings. The second-order valence-corrected chi connectivity index (χ2v) is 9.29. The maximum atomic E-state index is 13.6. The van der Waals surface area contributed by atoms with Crippen molar-refractivity contribution in [1.29, 1.82) is 0 Å². The summed E-state index contributed by atoms with van der Waals surface area (Å²) in [6.07, 6.45) is 3.72. The van der Waals surface area contributed by atoms with Crippen LogP contribution < -0.4 is 15.0 Å². The molecule has 0 bridgehead atoms. The summed E-state index contributed by atoms with van der Waals surface area (Å²) in [5, 5.41) is 3.20. The molecule has 4 rings (SSSR count). The van der Waals surface area contributed by atoms with Crippen molar-refractivity contribution in [2.75, 3.05) is 25.6 Å². The average molecular weight is 482 g/mol. The summed E-state index contributed by atoms with van der Waals surface area (Å²) in [7, 11) is 3.16. The highest BCUT2D eigenvalue weighted by Gasteiger charge is 2.43. The Labute approximate surface area is 201 Å². The molecular weight excluding hydrogens is 454 g/mol. The monoisotopic (exact) mass is 481 g/mol. The zero-order valence-corrected chi connectivity index (χ0v) is 20.4. The molecule has 2 amide bonds. The first kappa shape index (κ1) is 23.7. The van der Waals surface area contributed by atoms with Gasteiger partial charge >= 0.3 is 0 Å². The van der Waals surface area contributed by atoms with Crippen molar-refractivity contribution in [1.82, 2.24) is 10.3 Å². The molecule has 0 radical (unpaired) electrons. The highest BCUT2D eigenvalue weighted by Crippen LogP contribution is 2.46. The van der Waals surface area contributed by atoms with E-state index in [-0.39, 0.29) is 24.0 Å². The number of thiophene rings is 1. The largest absolute Gasteiger partial charge is 0.496 e. The molecule has 0 spiro atoms. The van der Waals surface area contributed by atoms with Gasteiger partial charge in [-0.2, -0.15) is 0 Å². The van der Waals surface area contributed by atoms with Gasteiger partial charge in [0.1, 0.15) is 22.9 Å². The van der Waals surface area contributed by atoms with Gasteiger partial charge in [-0.1, -0.05) is 25.1 Å². The van der Waals surface area contributed by atoms with Crippen LogP contribution in [0.25, 0.3) is 10.8 Å². The lowest BCUT2D eigenvalue weighted by atomic mass is 9.84. The number of oxazole rings is 1. The molecule has 3 heterocycles. The fraction of sp³-hybridized carbons (Fsp3) is 0.360. The number of para-hydroxylation sites is 1. The first-order valence-electron chi connectivity index (χ1n) is 11.1. The van der Waals surface area contributed by atoms with E-state index < -0.39 is 11.8 Å². The van der Waals surface area contributed by atoms with E-state index in [0.717, 1.165) is 21.8 Å². The van der Waals surface area contributed by atoms with Crippen LogP contribution in [0.5, 0.6) is 5.75 Å². The van der Waals surface area contributed by atoms with E-state index in [9.17, 15) is 14.4 Å². The number of anilines is 1. The molecule has 34 heavy (non-hydrogen) atoms. The van der Waals surface area contributed by atoms with Gasteiger partial charge in [0.2, 0.25) is 17.7 Å². The number of carbonyl (C=O) groups excluding carboxylic acids is 3. The first-order chi connectivity index (χ1) is 16.4. The van der Waals surface area contributed by atoms with E-state index in [1.165, 1.54) is 17.6 Å². The summed E-state index contributed by atoms with van der Waals surface area (Å²) in [4.78, 5) is 46.0. The van der Waals surface area contributed by atoms with Crippen molar-refractivity contribution in [2.45, 2.75) is 26.7 Å². The number of Topliss-reactive ketones (excluding diaryl/α,β-unsaturated/α-hetero) is 1. The van der Waals surface area contributed by atoms with Crippen molar-refractivity contribution in [2.24, 2.45) is 11.8 Å². The zero-order valence-electron chi connectivity index (χ0n) is 19.6. The van der Waals surface area contributed by atoms with Gasteiger partial charge in [-0.25, -0.2) is 4.98 Å². The Bertz CT molecular complexity index is 1220. The molecule has 8 nitrogen and oxygen atoms in total. The summed E-state index contributed by atoms with van der Waals surface area (Å²) in [6, 6.07) is 7.66. The topological polar surface area (TPSA) is 102 Å². The van der Waals surface area contributed by atoms with E-state index in [2.05, 4.69) is 10.3 Å². The van der Waals surface area contributed by atoms with Crippen molar-refractivity contribution in [3.8, 4) is 16.5 Å². The standard InChI is InChI=1S/C25H27N3O5S/c1-14(22(30)26-3)13-17-20(29)19-15(2)21(23-27-10-12-33-23)34-25(19)28(24(17)31)11-9-16-7-5-6-8-18(16)32-4/h5-8,10,12,14,17H,9,11,13H2,1-4H3,(H,26,30). The number of hydrogen-bond donors (Lipinski definition) is 1. The van der Waals surface area contributed by atoms with E-state index in [1.807, 2.05) is 31.2 Å². The number of ether oxygens (including phenoxy) is 1. The molecule has 0 saturated heterocycles. The first-order valence-corrected chi connectivity index (χ1v) is 11.9. The molecular formula is C25H27N3O5S. The fourth-order valence-corrected chi connectivity index (χ4v) is 5.64. The van der Waals surface area contributed by atoms with Crippen molar-refractivity contribution >= 4 is 33.9 Å². The summed E-state index contributed by atoms with van der Waals surface area (Å²) >= 11 is 1.33. The number of rotatable bonds is 8. The number of aromatic nitrogens is 1. The molecule has 3 aromatic rings. The van der Waals surface area contributed by atoms with Gasteiger partial charge in [-0.3, -0.25) is 14.4 Å². The van der Waals surface area contributed by atoms with Crippen LogP contribution in [0, 0.1) is 18.8 Å². The van der Waals surface area contributed by atoms with Gasteiger partial charge in [-0.15, -0.1) is 11.3 Å². The number of amides is 2. The number of methoxy groups -OCH3 is 1. The lowest BCUT2D eigenvalue weighted by molar-refractivity contribution is -0.125. The van der Waals surface area contributed by atoms with Gasteiger partial charge < -0.3 is 19.4 Å². The molecule has 0 saturated carbocycles. The van der Waals surface area contributed by atoms with Crippen LogP contribution in [-0.2, 0) is 16.0 Å². The molecule has 9 heteroatoms. The second kappa shape index (κ2) is 9.80. The third-order valence-electron chi connectivity index (χ3n) is 6.21. The van der Waals surface area contributed by atoms with Crippen molar-refractivity contribution in [3.63, 3.8) is 0 Å². The maximum Gasteiger partial charge on any atom is 0.238 e. The number of benzene rings is 1. The molecule has 1 aromatic carbocycles. The Kier molecular flexibility index (Phi) is 6.83. The van der Waals surface area contributed by atoms with Crippen LogP contribution in [0.2, 0.25) is 0 Å². The minimum absolute atomic E-state index is 0.144. The fourth-order valence-electron chi connectivity index (χ4n) is 4.36. The number of nitrogens with one attached hydrogen (secondary N) is 1. The quantitative estimate of drug-likeness (QED) is 0.490. The molecule has 1 N–H and O–H groups in total. The van der Waals surface area contributed by atoms with Crippen LogP contribution in [0.1, 0.15) is 34.8 Å². The second-order valence-electron chi connectivity index (χ2n) is 8.29. The van der Waals surface area contributed by atoms with Crippen molar-refractivity contribution < 1.29 is 23.5 Å². The number of ketones is 1. The van der Waals surface area contributed by atoms with Gasteiger partial charge in [-0.05, 0) is 37.0 Å². The summed E-state index contributed by atoms with van der Waals surface area (Å²) < 4.78 is 11.0. The molecule has 2 unspecified atom stereocenters. The van der Waals surface area contributed by atoms with Crippen LogP contribution >= 0.6 is 11.3 Å². The Morgan fingerprint density at radius 1 is 1.32 bits per heavy atom. The third kappa shape index (κ3) is 4.23. The smallest absolute Gasteiger partial charge is 0.238 e. The normalized spacial score (nSPS) is 16.4. The molecule has 0 aliphatic carbocycles. The molecule has 2 aromatic heterocycles. The Morgan fingerprint density at radius 2 is 2.09 bits per heavy atom. The number of nitrogens with zero attached hydrogens (tertiary/aromatic N) is 2. The van der Waals surface area contributed by atoms with Crippen LogP contribution in [0.3, 0.4) is 0 Å². The molecule has 0 fully saturated rings. The highest BCUT2D eigenvalue weighted by molar-refractivity contribution is 7.20. The SMILES string of the molecule is CNC(=O)C(C)CC1C(=O)c2c(sc(-c3ncco3)c2C)N(CCc2ccccc2OC)C1=O. The number of hydrogen-bond acceptors (Lipinski definition) is 7. The average Bonchev–Trinajstić information content (AvgIpc) is 3.49. The third-order valence-corrected chi connectivity index (χ3v) is 7.51. The van der Waals surface area contributed by atoms with Gasteiger partial charge in [0.15, 0.2) is 5.78 Å². The Morgan fingerprint density at radius 3 is 2.76 bits per heavy atom. The number of fused-ring (bicyclic) bond motifs is 1. The molecule has 178 valence electrons. The molecule has 2 atom stereocenters. The Balaban J connectivity index is 1.74. The summed E-state index contributed by atoms with van der Waals surface area (Å²) in [5.41, 5.74) is 2.21. The van der Waals surface area contributed by atoms with Crippen LogP contribution in [0.4, 0.5) is 5.00 Å². The van der Waals surface area contributed by atoms with Gasteiger partial charge in [0, 0.05) is 19.5 Å². The lowest BCUT2D eigenvalue weighted by Crippen LogP contribution is -2.46. The van der Waals surface area contributed by atoms with Crippen LogP contribution in [-0.4, -0.2) is 43.3 Å². The lowest BCUT2D eigenvalue weighted by Gasteiger charge is -2.32. The zero-order chi connectivity index (χ0) is 24.4. The van der Waals surface area contributed by atoms with E-state index >= 15 is 0 Å². The minimum atomic E-state index is -0.928. The van der Waals surface area contributed by atoms with Gasteiger partial charge in [0.25, 0.3) is 0 Å². The number of carbonyl (C=O) groups is 3. The Hall–Kier alpha value is -3.46. The van der Waals surface area contributed by atoms with E-state index in [0.29, 0.717) is 29.4 Å². The predicted octanol–water partition coefficient (Wildman–Crippen LogP) is 3.88. The maximum absolute atomic E-state index is 13.6.